The molecule has 0 aliphatic carbocycles. The van der Waals surface area contributed by atoms with Crippen molar-refractivity contribution in [3.8, 4) is 0 Å². The highest BCUT2D eigenvalue weighted by Gasteiger charge is 2.46. The lowest BCUT2D eigenvalue weighted by Crippen LogP contribution is -3.00. The van der Waals surface area contributed by atoms with Crippen LogP contribution in [0.3, 0.4) is 0 Å². The summed E-state index contributed by atoms with van der Waals surface area (Å²) in [5.74, 6) is 0.144. The van der Waals surface area contributed by atoms with Crippen LogP contribution >= 0.6 is 7.26 Å². The zero-order chi connectivity index (χ0) is 21.5. The number of carbonyl (C=O) groups excluding carboxylic acids is 2. The fourth-order valence-electron chi connectivity index (χ4n) is 3.92. The van der Waals surface area contributed by atoms with Crippen LogP contribution in [0, 0.1) is 0 Å². The van der Waals surface area contributed by atoms with Crippen LogP contribution in [-0.4, -0.2) is 23.9 Å². The van der Waals surface area contributed by atoms with E-state index in [4.69, 9.17) is 0 Å². The highest BCUT2D eigenvalue weighted by molar-refractivity contribution is 7.90. The lowest BCUT2D eigenvalue weighted by atomic mass is 10.1. The van der Waals surface area contributed by atoms with Gasteiger partial charge in [-0.15, -0.1) is 0 Å². The van der Waals surface area contributed by atoms with E-state index in [-0.39, 0.29) is 24.0 Å². The third-order valence-corrected chi connectivity index (χ3v) is 9.75. The van der Waals surface area contributed by atoms with Crippen molar-refractivity contribution in [2.24, 2.45) is 0 Å². The molecule has 0 heterocycles. The molecular formula is C28H24ClO2P. The molecule has 0 aromatic heterocycles. The van der Waals surface area contributed by atoms with Crippen molar-refractivity contribution in [1.29, 1.82) is 0 Å². The Morgan fingerprint density at radius 2 is 0.750 bits per heavy atom. The van der Waals surface area contributed by atoms with Gasteiger partial charge in [0.25, 0.3) is 0 Å². The molecule has 4 aromatic rings. The van der Waals surface area contributed by atoms with Crippen LogP contribution in [0.2, 0.25) is 0 Å². The van der Waals surface area contributed by atoms with Gasteiger partial charge >= 0.3 is 0 Å². The molecule has 0 radical (unpaired) electrons. The Kier molecular flexibility index (Phi) is 8.11. The molecule has 0 N–H and O–H groups in total. The summed E-state index contributed by atoms with van der Waals surface area (Å²) < 4.78 is 0. The van der Waals surface area contributed by atoms with Gasteiger partial charge in [-0.1, -0.05) is 97.1 Å². The van der Waals surface area contributed by atoms with Crippen molar-refractivity contribution < 1.29 is 22.0 Å². The zero-order valence-corrected chi connectivity index (χ0v) is 19.3. The Hall–Kier alpha value is -3.06. The molecule has 4 rings (SSSR count). The number of halogens is 1. The summed E-state index contributed by atoms with van der Waals surface area (Å²) in [4.78, 5) is 26.9. The fraction of sp³-hybridized carbons (Fsp3) is 0.0714. The summed E-state index contributed by atoms with van der Waals surface area (Å²) in [6.07, 6.45) is 0.646. The monoisotopic (exact) mass is 458 g/mol. The van der Waals surface area contributed by atoms with Gasteiger partial charge in [0.05, 0.1) is 7.26 Å². The molecule has 0 aliphatic heterocycles. The predicted molar refractivity (Wildman–Crippen MR) is 130 cm³/mol. The maximum Gasteiger partial charge on any atom is 0.200 e. The first-order valence-electron chi connectivity index (χ1n) is 10.3. The molecule has 4 heteroatoms. The molecule has 0 fully saturated rings. The van der Waals surface area contributed by atoms with Crippen LogP contribution in [0.25, 0.3) is 0 Å². The van der Waals surface area contributed by atoms with Crippen LogP contribution < -0.4 is 23.0 Å². The van der Waals surface area contributed by atoms with E-state index in [9.17, 15) is 9.59 Å². The van der Waals surface area contributed by atoms with Gasteiger partial charge in [-0.05, 0) is 24.3 Å². The quantitative estimate of drug-likeness (QED) is 0.300. The Bertz CT molecular complexity index is 1050. The minimum absolute atomic E-state index is 0. The molecule has 0 bridgehead atoms. The smallest absolute Gasteiger partial charge is 0.200 e. The molecule has 2 nitrogen and oxygen atoms in total. The Morgan fingerprint density at radius 1 is 0.469 bits per heavy atom. The van der Waals surface area contributed by atoms with E-state index >= 15 is 0 Å². The Labute approximate surface area is 196 Å². The summed E-state index contributed by atoms with van der Waals surface area (Å²) in [5.41, 5.74) is 1.37. The van der Waals surface area contributed by atoms with Crippen LogP contribution in [0.1, 0.15) is 20.7 Å². The first kappa shape index (κ1) is 23.6. The van der Waals surface area contributed by atoms with Crippen molar-refractivity contribution in [1.82, 2.24) is 0 Å². The second-order valence-electron chi connectivity index (χ2n) is 7.53. The second kappa shape index (κ2) is 11.0. The predicted octanol–water partition coefficient (Wildman–Crippen LogP) is 2.42. The van der Waals surface area contributed by atoms with E-state index in [2.05, 4.69) is 24.3 Å². The summed E-state index contributed by atoms with van der Waals surface area (Å²) in [6, 6.07) is 38.9. The third-order valence-electron chi connectivity index (χ3n) is 5.52. The fourth-order valence-corrected chi connectivity index (χ4v) is 7.89. The molecule has 0 spiro atoms. The summed E-state index contributed by atoms with van der Waals surface area (Å²) in [5, 5.41) is 2.16. The van der Waals surface area contributed by atoms with Gasteiger partial charge in [-0.2, -0.15) is 0 Å². The van der Waals surface area contributed by atoms with Crippen molar-refractivity contribution >= 4 is 29.4 Å². The molecule has 4 aromatic carbocycles. The minimum Gasteiger partial charge on any atom is -1.00 e. The summed E-state index contributed by atoms with van der Waals surface area (Å²) >= 11 is 0. The maximum atomic E-state index is 13.4. The standard InChI is InChI=1S/C28H24O2P.ClH/c29-27(23-13-5-1-6-14-23)21-31(25-17-9-3-10-18-25,26-19-11-4-12-20-26)22-28(30)24-15-7-2-8-16-24;/h1-20H,21-22H2;1H/q+1;/p-1. The van der Waals surface area contributed by atoms with Gasteiger partial charge in [0.15, 0.2) is 0 Å². The highest BCUT2D eigenvalue weighted by atomic mass is 35.5. The van der Waals surface area contributed by atoms with E-state index in [0.717, 1.165) is 10.6 Å². The number of carbonyl (C=O) groups is 2. The average molecular weight is 459 g/mol. The second-order valence-corrected chi connectivity index (χ2v) is 11.1. The molecule has 0 saturated carbocycles. The summed E-state index contributed by atoms with van der Waals surface area (Å²) in [6.45, 7) is 0. The number of benzene rings is 4. The number of Topliss-reactive ketones (excluding diaryl/α,β-unsaturated/α-hetero) is 2. The maximum absolute atomic E-state index is 13.4. The van der Waals surface area contributed by atoms with Crippen molar-refractivity contribution in [2.45, 2.75) is 0 Å². The first-order chi connectivity index (χ1) is 15.2. The highest BCUT2D eigenvalue weighted by Crippen LogP contribution is 2.57. The molecule has 0 atom stereocenters. The van der Waals surface area contributed by atoms with Crippen LogP contribution in [0.4, 0.5) is 0 Å². The van der Waals surface area contributed by atoms with Crippen LogP contribution in [0.15, 0.2) is 121 Å². The van der Waals surface area contributed by atoms with Crippen molar-refractivity contribution in [3.05, 3.63) is 132 Å². The molecule has 0 saturated heterocycles. The van der Waals surface area contributed by atoms with E-state index < -0.39 is 7.26 Å². The minimum atomic E-state index is -2.34. The van der Waals surface area contributed by atoms with Gasteiger partial charge in [0, 0.05) is 11.1 Å². The molecule has 0 amide bonds. The van der Waals surface area contributed by atoms with Crippen LogP contribution in [0.5, 0.6) is 0 Å². The van der Waals surface area contributed by atoms with Gasteiger partial charge in [-0.25, -0.2) is 0 Å². The van der Waals surface area contributed by atoms with E-state index in [1.54, 1.807) is 0 Å². The average Bonchev–Trinajstić information content (AvgIpc) is 2.85. The first-order valence-corrected chi connectivity index (χ1v) is 12.5. The van der Waals surface area contributed by atoms with E-state index in [1.165, 1.54) is 0 Å². The molecule has 160 valence electrons. The SMILES string of the molecule is O=C(C[P+](CC(=O)c1ccccc1)(c1ccccc1)c1ccccc1)c1ccccc1.[Cl-]. The molecular weight excluding hydrogens is 435 g/mol. The van der Waals surface area contributed by atoms with Crippen molar-refractivity contribution in [2.75, 3.05) is 12.3 Å². The lowest BCUT2D eigenvalue weighted by molar-refractivity contribution is -0.0000216. The van der Waals surface area contributed by atoms with Crippen molar-refractivity contribution in [3.63, 3.8) is 0 Å². The van der Waals surface area contributed by atoms with Gasteiger partial charge < -0.3 is 12.4 Å². The van der Waals surface area contributed by atoms with Gasteiger partial charge in [0.1, 0.15) is 22.9 Å². The largest absolute Gasteiger partial charge is 1.00 e. The van der Waals surface area contributed by atoms with E-state index in [0.29, 0.717) is 23.5 Å². The third kappa shape index (κ3) is 5.22. The number of hydrogen-bond donors (Lipinski definition) is 0. The number of ketones is 2. The van der Waals surface area contributed by atoms with Gasteiger partial charge in [0.2, 0.25) is 11.6 Å². The Morgan fingerprint density at radius 3 is 1.06 bits per heavy atom. The van der Waals surface area contributed by atoms with Crippen LogP contribution in [-0.2, 0) is 0 Å². The van der Waals surface area contributed by atoms with Gasteiger partial charge in [-0.3, -0.25) is 9.59 Å². The summed E-state index contributed by atoms with van der Waals surface area (Å²) in [7, 11) is -2.34. The Balaban J connectivity index is 0.00000289. The topological polar surface area (TPSA) is 34.1 Å². The molecule has 0 aliphatic rings. The number of rotatable bonds is 8. The lowest BCUT2D eigenvalue weighted by Gasteiger charge is -2.26. The zero-order valence-electron chi connectivity index (χ0n) is 17.6. The number of hydrogen-bond acceptors (Lipinski definition) is 2. The normalized spacial score (nSPS) is 10.8. The molecule has 0 unspecified atom stereocenters. The van der Waals surface area contributed by atoms with E-state index in [1.807, 2.05) is 97.1 Å². The molecule has 32 heavy (non-hydrogen) atoms.